The van der Waals surface area contributed by atoms with Crippen LogP contribution in [0, 0.1) is 0 Å². The van der Waals surface area contributed by atoms with Gasteiger partial charge in [-0.05, 0) is 61.2 Å². The normalized spacial score (nSPS) is 24.6. The number of hydrogen-bond acceptors (Lipinski definition) is 5. The molecule has 1 saturated heterocycles. The van der Waals surface area contributed by atoms with E-state index in [0.717, 1.165) is 26.1 Å². The highest BCUT2D eigenvalue weighted by Gasteiger charge is 2.38. The predicted octanol–water partition coefficient (Wildman–Crippen LogP) is 1.33. The summed E-state index contributed by atoms with van der Waals surface area (Å²) in [6.45, 7) is 14.5. The van der Waals surface area contributed by atoms with Crippen LogP contribution < -0.4 is 5.32 Å². The fourth-order valence-electron chi connectivity index (χ4n) is 3.16. The molecule has 1 rings (SSSR count). The molecular formula is C16H33N3O2. The summed E-state index contributed by atoms with van der Waals surface area (Å²) in [5, 5.41) is 3.41. The summed E-state index contributed by atoms with van der Waals surface area (Å²) < 4.78 is 5.30. The van der Waals surface area contributed by atoms with Crippen LogP contribution in [0.15, 0.2) is 0 Å². The molecule has 1 N–H and O–H groups in total. The molecule has 2 unspecified atom stereocenters. The lowest BCUT2D eigenvalue weighted by Gasteiger charge is -2.38. The first-order valence-electron chi connectivity index (χ1n) is 8.16. The summed E-state index contributed by atoms with van der Waals surface area (Å²) in [6, 6.07) is 0.685. The molecule has 0 aromatic heterocycles. The van der Waals surface area contributed by atoms with Crippen molar-refractivity contribution in [2.45, 2.75) is 58.7 Å². The zero-order valence-electron chi connectivity index (χ0n) is 14.6. The molecule has 0 aliphatic carbocycles. The second-order valence-corrected chi connectivity index (χ2v) is 6.79. The number of rotatable bonds is 6. The van der Waals surface area contributed by atoms with Crippen molar-refractivity contribution in [2.24, 2.45) is 0 Å². The van der Waals surface area contributed by atoms with Gasteiger partial charge in [0, 0.05) is 25.2 Å². The second-order valence-electron chi connectivity index (χ2n) is 6.79. The minimum Gasteiger partial charge on any atom is -0.465 e. The van der Waals surface area contributed by atoms with Gasteiger partial charge in [0.05, 0.1) is 6.61 Å². The number of nitrogens with one attached hydrogen (secondary N) is 1. The first-order chi connectivity index (χ1) is 9.78. The smallest absolute Gasteiger partial charge is 0.327 e. The van der Waals surface area contributed by atoms with Gasteiger partial charge in [0.1, 0.15) is 5.54 Å². The van der Waals surface area contributed by atoms with Crippen LogP contribution in [0.3, 0.4) is 0 Å². The van der Waals surface area contributed by atoms with Crippen LogP contribution in [0.4, 0.5) is 0 Å². The van der Waals surface area contributed by atoms with Crippen LogP contribution >= 0.6 is 0 Å². The zero-order valence-corrected chi connectivity index (χ0v) is 14.6. The van der Waals surface area contributed by atoms with Crippen molar-refractivity contribution in [1.29, 1.82) is 0 Å². The Morgan fingerprint density at radius 2 is 2.10 bits per heavy atom. The van der Waals surface area contributed by atoms with E-state index in [0.29, 0.717) is 19.2 Å². The van der Waals surface area contributed by atoms with E-state index in [1.54, 1.807) is 0 Å². The Kier molecular flexibility index (Phi) is 7.10. The molecule has 0 saturated carbocycles. The molecule has 1 aliphatic heterocycles. The average Bonchev–Trinajstić information content (AvgIpc) is 2.50. The van der Waals surface area contributed by atoms with E-state index in [2.05, 4.69) is 42.9 Å². The number of esters is 1. The van der Waals surface area contributed by atoms with E-state index < -0.39 is 5.54 Å². The molecule has 1 fully saturated rings. The molecule has 0 spiro atoms. The second kappa shape index (κ2) is 8.11. The number of nitrogens with zero attached hydrogens (tertiary/aromatic N) is 2. The van der Waals surface area contributed by atoms with Crippen LogP contribution in [0.25, 0.3) is 0 Å². The van der Waals surface area contributed by atoms with Crippen LogP contribution in [-0.2, 0) is 9.53 Å². The van der Waals surface area contributed by atoms with Crippen LogP contribution in [0.2, 0.25) is 0 Å². The van der Waals surface area contributed by atoms with Gasteiger partial charge in [0.15, 0.2) is 0 Å². The van der Waals surface area contributed by atoms with Gasteiger partial charge in [-0.2, -0.15) is 0 Å². The van der Waals surface area contributed by atoms with Crippen molar-refractivity contribution in [2.75, 3.05) is 39.8 Å². The lowest BCUT2D eigenvalue weighted by molar-refractivity contribution is -0.152. The maximum atomic E-state index is 12.4. The maximum Gasteiger partial charge on any atom is 0.327 e. The summed E-state index contributed by atoms with van der Waals surface area (Å²) in [4.78, 5) is 17.2. The molecule has 0 amide bonds. The van der Waals surface area contributed by atoms with Gasteiger partial charge in [-0.15, -0.1) is 0 Å². The van der Waals surface area contributed by atoms with Crippen LogP contribution in [0.1, 0.15) is 41.0 Å². The van der Waals surface area contributed by atoms with Gasteiger partial charge in [-0.25, -0.2) is 0 Å². The van der Waals surface area contributed by atoms with Gasteiger partial charge in [-0.1, -0.05) is 0 Å². The molecule has 1 heterocycles. The standard InChI is InChI=1S/C16H33N3O2/c1-7-21-15(20)16(5,17-13(2)3)12-19-10-8-9-18(6)11-14(19)4/h13-14,17H,7-12H2,1-6H3. The first kappa shape index (κ1) is 18.4. The SMILES string of the molecule is CCOC(=O)C(C)(CN1CCCN(C)CC1C)NC(C)C. The van der Waals surface area contributed by atoms with Crippen molar-refractivity contribution in [3.63, 3.8) is 0 Å². The Morgan fingerprint density at radius 3 is 2.67 bits per heavy atom. The van der Waals surface area contributed by atoms with Crippen molar-refractivity contribution in [1.82, 2.24) is 15.1 Å². The van der Waals surface area contributed by atoms with Gasteiger partial charge in [0.2, 0.25) is 0 Å². The minimum absolute atomic E-state index is 0.150. The van der Waals surface area contributed by atoms with E-state index in [1.807, 2.05) is 13.8 Å². The number of carbonyl (C=O) groups is 1. The van der Waals surface area contributed by atoms with Crippen molar-refractivity contribution in [3.05, 3.63) is 0 Å². The van der Waals surface area contributed by atoms with Crippen molar-refractivity contribution < 1.29 is 9.53 Å². The summed E-state index contributed by atoms with van der Waals surface area (Å²) in [7, 11) is 2.16. The third-order valence-corrected chi connectivity index (χ3v) is 4.04. The molecule has 1 aliphatic rings. The highest BCUT2D eigenvalue weighted by Crippen LogP contribution is 2.16. The molecule has 0 aromatic carbocycles. The molecule has 5 nitrogen and oxygen atoms in total. The number of carbonyl (C=O) groups excluding carboxylic acids is 1. The summed E-state index contributed by atoms with van der Waals surface area (Å²) in [5.41, 5.74) is -0.651. The Balaban J connectivity index is 2.81. The molecule has 2 atom stereocenters. The fraction of sp³-hybridized carbons (Fsp3) is 0.938. The molecule has 124 valence electrons. The maximum absolute atomic E-state index is 12.4. The molecule has 0 radical (unpaired) electrons. The third kappa shape index (κ3) is 5.57. The number of ether oxygens (including phenoxy) is 1. The number of likely N-dealkylation sites (N-methyl/N-ethyl adjacent to an activating group) is 1. The van der Waals surface area contributed by atoms with E-state index in [-0.39, 0.29) is 12.0 Å². The van der Waals surface area contributed by atoms with Gasteiger partial charge < -0.3 is 9.64 Å². The Hall–Kier alpha value is -0.650. The largest absolute Gasteiger partial charge is 0.465 e. The van der Waals surface area contributed by atoms with E-state index in [9.17, 15) is 4.79 Å². The lowest BCUT2D eigenvalue weighted by Crippen LogP contribution is -2.61. The zero-order chi connectivity index (χ0) is 16.0. The molecule has 0 bridgehead atoms. The third-order valence-electron chi connectivity index (χ3n) is 4.04. The van der Waals surface area contributed by atoms with Gasteiger partial charge in [0.25, 0.3) is 0 Å². The Bertz CT molecular complexity index is 335. The van der Waals surface area contributed by atoms with Gasteiger partial charge >= 0.3 is 5.97 Å². The molecule has 21 heavy (non-hydrogen) atoms. The molecule has 0 aromatic rings. The topological polar surface area (TPSA) is 44.8 Å². The average molecular weight is 299 g/mol. The molecular weight excluding hydrogens is 266 g/mol. The highest BCUT2D eigenvalue weighted by molar-refractivity contribution is 5.80. The summed E-state index contributed by atoms with van der Waals surface area (Å²) >= 11 is 0. The highest BCUT2D eigenvalue weighted by atomic mass is 16.5. The predicted molar refractivity (Wildman–Crippen MR) is 86.5 cm³/mol. The monoisotopic (exact) mass is 299 g/mol. The van der Waals surface area contributed by atoms with Crippen molar-refractivity contribution >= 4 is 5.97 Å². The van der Waals surface area contributed by atoms with Crippen LogP contribution in [0.5, 0.6) is 0 Å². The van der Waals surface area contributed by atoms with Crippen molar-refractivity contribution in [3.8, 4) is 0 Å². The quantitative estimate of drug-likeness (QED) is 0.750. The van der Waals surface area contributed by atoms with E-state index >= 15 is 0 Å². The van der Waals surface area contributed by atoms with E-state index in [1.165, 1.54) is 0 Å². The van der Waals surface area contributed by atoms with E-state index in [4.69, 9.17) is 4.74 Å². The Morgan fingerprint density at radius 1 is 1.43 bits per heavy atom. The summed E-state index contributed by atoms with van der Waals surface area (Å²) in [6.07, 6.45) is 1.14. The van der Waals surface area contributed by atoms with Gasteiger partial charge in [-0.3, -0.25) is 15.0 Å². The lowest BCUT2D eigenvalue weighted by atomic mass is 9.99. The Labute approximate surface area is 130 Å². The number of hydrogen-bond donors (Lipinski definition) is 1. The molecule has 5 heteroatoms. The summed E-state index contributed by atoms with van der Waals surface area (Å²) in [5.74, 6) is -0.150. The van der Waals surface area contributed by atoms with Crippen LogP contribution in [-0.4, -0.2) is 73.2 Å². The minimum atomic E-state index is -0.651. The first-order valence-corrected chi connectivity index (χ1v) is 8.16. The fourth-order valence-corrected chi connectivity index (χ4v) is 3.16.